The molecule has 0 amide bonds. The highest BCUT2D eigenvalue weighted by atomic mass is 16.3. The number of aryl methyl sites for hydroxylation is 1. The summed E-state index contributed by atoms with van der Waals surface area (Å²) in [6.07, 6.45) is 5.35. The van der Waals surface area contributed by atoms with Crippen molar-refractivity contribution < 1.29 is 5.11 Å². The SMILES string of the molecule is CCC(O)c1cnn(Cc2ncnn2CC)c1. The molecule has 2 aromatic heterocycles. The maximum absolute atomic E-state index is 9.68. The van der Waals surface area contributed by atoms with Crippen molar-refractivity contribution in [1.82, 2.24) is 24.5 Å². The van der Waals surface area contributed by atoms with Crippen LogP contribution < -0.4 is 0 Å². The normalized spacial score (nSPS) is 12.9. The van der Waals surface area contributed by atoms with Crippen LogP contribution in [0.5, 0.6) is 0 Å². The summed E-state index contributed by atoms with van der Waals surface area (Å²) in [6, 6.07) is 0. The van der Waals surface area contributed by atoms with E-state index in [0.717, 1.165) is 17.9 Å². The van der Waals surface area contributed by atoms with Gasteiger partial charge in [0.05, 0.1) is 12.3 Å². The summed E-state index contributed by atoms with van der Waals surface area (Å²) in [5.41, 5.74) is 0.843. The Hall–Kier alpha value is -1.69. The minimum atomic E-state index is -0.437. The van der Waals surface area contributed by atoms with Gasteiger partial charge in [-0.2, -0.15) is 10.2 Å². The van der Waals surface area contributed by atoms with Gasteiger partial charge in [0.15, 0.2) is 0 Å². The zero-order valence-corrected chi connectivity index (χ0v) is 10.1. The Balaban J connectivity index is 2.11. The second kappa shape index (κ2) is 5.09. The lowest BCUT2D eigenvalue weighted by atomic mass is 10.2. The average Bonchev–Trinajstić information content (AvgIpc) is 2.97. The maximum atomic E-state index is 9.68. The molecule has 0 spiro atoms. The van der Waals surface area contributed by atoms with Crippen LogP contribution >= 0.6 is 0 Å². The predicted octanol–water partition coefficient (Wildman–Crippen LogP) is 0.986. The number of aliphatic hydroxyl groups excluding tert-OH is 1. The summed E-state index contributed by atoms with van der Waals surface area (Å²) in [5.74, 6) is 0.869. The van der Waals surface area contributed by atoms with Crippen molar-refractivity contribution in [1.29, 1.82) is 0 Å². The minimum Gasteiger partial charge on any atom is -0.388 e. The first-order chi connectivity index (χ1) is 8.24. The Labute approximate surface area is 99.9 Å². The number of hydrogen-bond donors (Lipinski definition) is 1. The van der Waals surface area contributed by atoms with Crippen molar-refractivity contribution in [3.8, 4) is 0 Å². The number of rotatable bonds is 5. The first-order valence-electron chi connectivity index (χ1n) is 5.81. The first-order valence-corrected chi connectivity index (χ1v) is 5.81. The van der Waals surface area contributed by atoms with Crippen molar-refractivity contribution >= 4 is 0 Å². The van der Waals surface area contributed by atoms with Gasteiger partial charge in [-0.25, -0.2) is 9.67 Å². The van der Waals surface area contributed by atoms with Gasteiger partial charge in [0, 0.05) is 18.3 Å². The first kappa shape index (κ1) is 11.8. The summed E-state index contributed by atoms with van der Waals surface area (Å²) in [4.78, 5) is 4.19. The Morgan fingerprint density at radius 1 is 1.35 bits per heavy atom. The van der Waals surface area contributed by atoms with E-state index in [-0.39, 0.29) is 0 Å². The second-order valence-corrected chi connectivity index (χ2v) is 3.89. The Morgan fingerprint density at radius 3 is 2.88 bits per heavy atom. The van der Waals surface area contributed by atoms with Crippen LogP contribution in [-0.4, -0.2) is 29.7 Å². The van der Waals surface area contributed by atoms with Gasteiger partial charge in [-0.15, -0.1) is 0 Å². The molecular weight excluding hydrogens is 218 g/mol. The highest BCUT2D eigenvalue weighted by Gasteiger charge is 2.09. The van der Waals surface area contributed by atoms with E-state index in [1.165, 1.54) is 0 Å². The van der Waals surface area contributed by atoms with Gasteiger partial charge >= 0.3 is 0 Å². The van der Waals surface area contributed by atoms with Crippen LogP contribution in [0.25, 0.3) is 0 Å². The molecule has 0 saturated heterocycles. The van der Waals surface area contributed by atoms with Crippen LogP contribution in [0.4, 0.5) is 0 Å². The van der Waals surface area contributed by atoms with E-state index >= 15 is 0 Å². The lowest BCUT2D eigenvalue weighted by Crippen LogP contribution is -2.09. The molecule has 0 fully saturated rings. The summed E-state index contributed by atoms with van der Waals surface area (Å²) in [7, 11) is 0. The second-order valence-electron chi connectivity index (χ2n) is 3.89. The van der Waals surface area contributed by atoms with Gasteiger partial charge in [-0.05, 0) is 13.3 Å². The largest absolute Gasteiger partial charge is 0.388 e. The van der Waals surface area contributed by atoms with Crippen molar-refractivity contribution in [2.24, 2.45) is 0 Å². The number of hydrogen-bond acceptors (Lipinski definition) is 4. The van der Waals surface area contributed by atoms with Gasteiger partial charge in [-0.3, -0.25) is 4.68 Å². The van der Waals surface area contributed by atoms with Crippen LogP contribution in [0.2, 0.25) is 0 Å². The minimum absolute atomic E-state index is 0.437. The zero-order chi connectivity index (χ0) is 12.3. The molecule has 6 nitrogen and oxygen atoms in total. The van der Waals surface area contributed by atoms with Crippen LogP contribution in [0.15, 0.2) is 18.7 Å². The monoisotopic (exact) mass is 235 g/mol. The van der Waals surface area contributed by atoms with Crippen molar-refractivity contribution in [3.63, 3.8) is 0 Å². The molecular formula is C11H17N5O. The lowest BCUT2D eigenvalue weighted by molar-refractivity contribution is 0.173. The molecule has 92 valence electrons. The highest BCUT2D eigenvalue weighted by Crippen LogP contribution is 2.14. The fourth-order valence-corrected chi connectivity index (χ4v) is 1.69. The third-order valence-electron chi connectivity index (χ3n) is 2.72. The smallest absolute Gasteiger partial charge is 0.148 e. The van der Waals surface area contributed by atoms with Gasteiger partial charge < -0.3 is 5.11 Å². The van der Waals surface area contributed by atoms with E-state index in [1.54, 1.807) is 17.2 Å². The van der Waals surface area contributed by atoms with Gasteiger partial charge in [-0.1, -0.05) is 6.92 Å². The van der Waals surface area contributed by atoms with Crippen molar-refractivity contribution in [2.75, 3.05) is 0 Å². The molecule has 1 unspecified atom stereocenters. The highest BCUT2D eigenvalue weighted by molar-refractivity contribution is 5.08. The summed E-state index contributed by atoms with van der Waals surface area (Å²) >= 11 is 0. The van der Waals surface area contributed by atoms with Gasteiger partial charge in [0.1, 0.15) is 18.7 Å². The van der Waals surface area contributed by atoms with E-state index in [4.69, 9.17) is 0 Å². The summed E-state index contributed by atoms with van der Waals surface area (Å²) in [5, 5.41) is 18.0. The molecule has 0 aromatic carbocycles. The molecule has 0 aliphatic heterocycles. The molecule has 0 bridgehead atoms. The molecule has 0 aliphatic carbocycles. The Morgan fingerprint density at radius 2 is 2.18 bits per heavy atom. The van der Waals surface area contributed by atoms with Crippen molar-refractivity contribution in [2.45, 2.75) is 39.5 Å². The van der Waals surface area contributed by atoms with E-state index in [9.17, 15) is 5.11 Å². The molecule has 0 saturated carbocycles. The van der Waals surface area contributed by atoms with Crippen LogP contribution in [0, 0.1) is 0 Å². The lowest BCUT2D eigenvalue weighted by Gasteiger charge is -2.04. The molecule has 1 N–H and O–H groups in total. The molecule has 17 heavy (non-hydrogen) atoms. The molecule has 0 radical (unpaired) electrons. The quantitative estimate of drug-likeness (QED) is 0.839. The summed E-state index contributed by atoms with van der Waals surface area (Å²) < 4.78 is 3.60. The van der Waals surface area contributed by atoms with Gasteiger partial charge in [0.2, 0.25) is 0 Å². The van der Waals surface area contributed by atoms with E-state index in [1.807, 2.05) is 24.7 Å². The van der Waals surface area contributed by atoms with E-state index in [2.05, 4.69) is 15.2 Å². The fraction of sp³-hybridized carbons (Fsp3) is 0.545. The molecule has 6 heteroatoms. The summed E-state index contributed by atoms with van der Waals surface area (Å²) in [6.45, 7) is 5.33. The van der Waals surface area contributed by atoms with Crippen LogP contribution in [-0.2, 0) is 13.1 Å². The van der Waals surface area contributed by atoms with Crippen LogP contribution in [0.3, 0.4) is 0 Å². The zero-order valence-electron chi connectivity index (χ0n) is 10.1. The molecule has 0 aliphatic rings. The number of aliphatic hydroxyl groups is 1. The molecule has 1 atom stereocenters. The van der Waals surface area contributed by atoms with E-state index in [0.29, 0.717) is 13.0 Å². The Bertz CT molecular complexity index is 476. The Kier molecular flexibility index (Phi) is 3.53. The van der Waals surface area contributed by atoms with Gasteiger partial charge in [0.25, 0.3) is 0 Å². The number of aromatic nitrogens is 5. The molecule has 2 rings (SSSR count). The van der Waals surface area contributed by atoms with Crippen LogP contribution in [0.1, 0.15) is 37.8 Å². The molecule has 2 aromatic rings. The third kappa shape index (κ3) is 2.52. The third-order valence-corrected chi connectivity index (χ3v) is 2.72. The topological polar surface area (TPSA) is 68.8 Å². The maximum Gasteiger partial charge on any atom is 0.148 e. The number of nitrogens with zero attached hydrogens (tertiary/aromatic N) is 5. The molecule has 2 heterocycles. The predicted molar refractivity (Wildman–Crippen MR) is 62.3 cm³/mol. The van der Waals surface area contributed by atoms with E-state index < -0.39 is 6.10 Å². The van der Waals surface area contributed by atoms with Crippen molar-refractivity contribution in [3.05, 3.63) is 30.1 Å². The average molecular weight is 235 g/mol. The standard InChI is InChI=1S/C11H17N5O/c1-3-10(17)9-5-13-15(6-9)7-11-12-8-14-16(11)4-2/h5-6,8,10,17H,3-4,7H2,1-2H3. The fourth-order valence-electron chi connectivity index (χ4n) is 1.69.